The number of nitrogens with one attached hydrogen (secondary N) is 1. The van der Waals surface area contributed by atoms with Gasteiger partial charge < -0.3 is 10.1 Å². The fourth-order valence-corrected chi connectivity index (χ4v) is 2.06. The topological polar surface area (TPSA) is 21.3 Å². The van der Waals surface area contributed by atoms with E-state index in [0.717, 1.165) is 19.8 Å². The number of rotatable bonds is 4. The molecular weight excluding hydrogens is 198 g/mol. The van der Waals surface area contributed by atoms with Crippen LogP contribution in [-0.4, -0.2) is 19.8 Å². The summed E-state index contributed by atoms with van der Waals surface area (Å²) in [4.78, 5) is 0. The van der Waals surface area contributed by atoms with Crippen LogP contribution < -0.4 is 5.32 Å². The maximum Gasteiger partial charge on any atom is 0.0507 e. The second kappa shape index (κ2) is 5.46. The Balaban J connectivity index is 1.82. The van der Waals surface area contributed by atoms with Crippen molar-refractivity contribution in [3.8, 4) is 0 Å². The third-order valence-corrected chi connectivity index (χ3v) is 3.31. The van der Waals surface area contributed by atoms with Crippen molar-refractivity contribution in [2.45, 2.75) is 26.3 Å². The molecule has 16 heavy (non-hydrogen) atoms. The summed E-state index contributed by atoms with van der Waals surface area (Å²) < 4.78 is 5.37. The van der Waals surface area contributed by atoms with Crippen LogP contribution in [0.25, 0.3) is 0 Å². The second-order valence-electron chi connectivity index (χ2n) is 4.77. The molecule has 0 aromatic heterocycles. The number of hydrogen-bond donors (Lipinski definition) is 1. The minimum Gasteiger partial charge on any atom is -0.381 e. The minimum atomic E-state index is 0.432. The Bertz CT molecular complexity index is 314. The van der Waals surface area contributed by atoms with E-state index < -0.39 is 0 Å². The molecule has 1 aliphatic rings. The van der Waals surface area contributed by atoms with Crippen LogP contribution in [0.2, 0.25) is 0 Å². The number of benzene rings is 1. The van der Waals surface area contributed by atoms with E-state index in [-0.39, 0.29) is 0 Å². The molecule has 2 unspecified atom stereocenters. The fourth-order valence-electron chi connectivity index (χ4n) is 2.06. The zero-order valence-corrected chi connectivity index (χ0v) is 10.2. The van der Waals surface area contributed by atoms with Gasteiger partial charge in [-0.15, -0.1) is 0 Å². The fraction of sp³-hybridized carbons (Fsp3) is 0.571. The van der Waals surface area contributed by atoms with E-state index in [4.69, 9.17) is 4.74 Å². The van der Waals surface area contributed by atoms with Crippen LogP contribution in [0.5, 0.6) is 0 Å². The summed E-state index contributed by atoms with van der Waals surface area (Å²) in [5.41, 5.74) is 2.68. The quantitative estimate of drug-likeness (QED) is 0.840. The van der Waals surface area contributed by atoms with Crippen molar-refractivity contribution in [3.05, 3.63) is 35.4 Å². The maximum absolute atomic E-state index is 5.37. The highest BCUT2D eigenvalue weighted by Crippen LogP contribution is 2.16. The van der Waals surface area contributed by atoms with Gasteiger partial charge in [0.1, 0.15) is 0 Å². The zero-order valence-electron chi connectivity index (χ0n) is 10.2. The molecule has 2 atom stereocenters. The Morgan fingerprint density at radius 2 is 2.12 bits per heavy atom. The molecule has 2 nitrogen and oxygen atoms in total. The Kier molecular flexibility index (Phi) is 3.97. The summed E-state index contributed by atoms with van der Waals surface area (Å²) in [5, 5.41) is 3.58. The van der Waals surface area contributed by atoms with Crippen molar-refractivity contribution >= 4 is 0 Å². The first kappa shape index (κ1) is 11.6. The number of hydrogen-bond acceptors (Lipinski definition) is 2. The monoisotopic (exact) mass is 219 g/mol. The van der Waals surface area contributed by atoms with E-state index in [9.17, 15) is 0 Å². The van der Waals surface area contributed by atoms with E-state index >= 15 is 0 Å². The van der Waals surface area contributed by atoms with Crippen LogP contribution in [0.4, 0.5) is 0 Å². The molecule has 1 saturated heterocycles. The van der Waals surface area contributed by atoms with E-state index in [0.29, 0.717) is 12.0 Å². The van der Waals surface area contributed by atoms with Gasteiger partial charge in [0, 0.05) is 19.2 Å². The van der Waals surface area contributed by atoms with Crippen LogP contribution in [-0.2, 0) is 4.74 Å². The summed E-state index contributed by atoms with van der Waals surface area (Å²) >= 11 is 0. The van der Waals surface area contributed by atoms with Gasteiger partial charge in [0.25, 0.3) is 0 Å². The van der Waals surface area contributed by atoms with Gasteiger partial charge in [-0.3, -0.25) is 0 Å². The molecule has 88 valence electrons. The highest BCUT2D eigenvalue weighted by molar-refractivity contribution is 5.23. The second-order valence-corrected chi connectivity index (χ2v) is 4.77. The van der Waals surface area contributed by atoms with Gasteiger partial charge in [-0.05, 0) is 31.7 Å². The van der Waals surface area contributed by atoms with Crippen LogP contribution >= 0.6 is 0 Å². The molecule has 1 aliphatic heterocycles. The van der Waals surface area contributed by atoms with Crippen molar-refractivity contribution < 1.29 is 4.74 Å². The molecule has 0 bridgehead atoms. The van der Waals surface area contributed by atoms with Gasteiger partial charge >= 0.3 is 0 Å². The van der Waals surface area contributed by atoms with Gasteiger partial charge in [-0.2, -0.15) is 0 Å². The Hall–Kier alpha value is -0.860. The molecule has 1 aromatic rings. The third-order valence-electron chi connectivity index (χ3n) is 3.31. The average Bonchev–Trinajstić information content (AvgIpc) is 2.80. The van der Waals surface area contributed by atoms with Gasteiger partial charge in [0.2, 0.25) is 0 Å². The molecule has 2 heteroatoms. The van der Waals surface area contributed by atoms with Gasteiger partial charge in [0.15, 0.2) is 0 Å². The summed E-state index contributed by atoms with van der Waals surface area (Å²) in [6.07, 6.45) is 1.20. The third kappa shape index (κ3) is 3.06. The first-order chi connectivity index (χ1) is 7.75. The number of ether oxygens (including phenoxy) is 1. The van der Waals surface area contributed by atoms with Gasteiger partial charge in [0.05, 0.1) is 6.61 Å². The summed E-state index contributed by atoms with van der Waals surface area (Å²) in [6, 6.07) is 9.19. The highest BCUT2D eigenvalue weighted by Gasteiger charge is 2.16. The van der Waals surface area contributed by atoms with Crippen molar-refractivity contribution in [3.63, 3.8) is 0 Å². The molecule has 1 aromatic carbocycles. The summed E-state index contributed by atoms with van der Waals surface area (Å²) in [6.45, 7) is 7.27. The molecule has 0 radical (unpaired) electrons. The largest absolute Gasteiger partial charge is 0.381 e. The van der Waals surface area contributed by atoms with E-state index in [1.54, 1.807) is 0 Å². The van der Waals surface area contributed by atoms with Crippen molar-refractivity contribution in [2.75, 3.05) is 19.8 Å². The molecule has 0 saturated carbocycles. The van der Waals surface area contributed by atoms with Crippen molar-refractivity contribution in [1.29, 1.82) is 0 Å². The van der Waals surface area contributed by atoms with Crippen LogP contribution in [0.3, 0.4) is 0 Å². The highest BCUT2D eigenvalue weighted by atomic mass is 16.5. The minimum absolute atomic E-state index is 0.432. The van der Waals surface area contributed by atoms with Gasteiger partial charge in [-0.1, -0.05) is 29.8 Å². The van der Waals surface area contributed by atoms with E-state index in [2.05, 4.69) is 43.4 Å². The predicted molar refractivity (Wildman–Crippen MR) is 66.5 cm³/mol. The standard InChI is InChI=1S/C14H21NO/c1-11-3-5-14(6-4-11)12(2)15-9-13-7-8-16-10-13/h3-6,12-13,15H,7-10H2,1-2H3. The lowest BCUT2D eigenvalue weighted by atomic mass is 10.0. The maximum atomic E-state index is 5.37. The average molecular weight is 219 g/mol. The number of aryl methyl sites for hydroxylation is 1. The van der Waals surface area contributed by atoms with Crippen molar-refractivity contribution in [1.82, 2.24) is 5.32 Å². The predicted octanol–water partition coefficient (Wildman–Crippen LogP) is 2.68. The van der Waals surface area contributed by atoms with E-state index in [1.165, 1.54) is 17.5 Å². The molecule has 1 N–H and O–H groups in total. The van der Waals surface area contributed by atoms with E-state index in [1.807, 2.05) is 0 Å². The SMILES string of the molecule is Cc1ccc(C(C)NCC2CCOC2)cc1. The summed E-state index contributed by atoms with van der Waals surface area (Å²) in [5.74, 6) is 0.702. The Morgan fingerprint density at radius 1 is 1.38 bits per heavy atom. The lowest BCUT2D eigenvalue weighted by molar-refractivity contribution is 0.184. The zero-order chi connectivity index (χ0) is 11.4. The first-order valence-corrected chi connectivity index (χ1v) is 6.13. The molecule has 1 heterocycles. The Labute approximate surface area is 98.0 Å². The Morgan fingerprint density at radius 3 is 2.75 bits per heavy atom. The first-order valence-electron chi connectivity index (χ1n) is 6.13. The smallest absolute Gasteiger partial charge is 0.0507 e. The summed E-state index contributed by atoms with van der Waals surface area (Å²) in [7, 11) is 0. The normalized spacial score (nSPS) is 22.2. The van der Waals surface area contributed by atoms with Gasteiger partial charge in [-0.25, -0.2) is 0 Å². The lowest BCUT2D eigenvalue weighted by Crippen LogP contribution is -2.25. The molecular formula is C14H21NO. The van der Waals surface area contributed by atoms with Crippen LogP contribution in [0, 0.1) is 12.8 Å². The molecule has 1 fully saturated rings. The molecule has 0 amide bonds. The molecule has 0 aliphatic carbocycles. The van der Waals surface area contributed by atoms with Crippen molar-refractivity contribution in [2.24, 2.45) is 5.92 Å². The lowest BCUT2D eigenvalue weighted by Gasteiger charge is -2.16. The van der Waals surface area contributed by atoms with Crippen LogP contribution in [0.1, 0.15) is 30.5 Å². The molecule has 2 rings (SSSR count). The van der Waals surface area contributed by atoms with Crippen LogP contribution in [0.15, 0.2) is 24.3 Å². The molecule has 0 spiro atoms.